The number of anilines is 2. The SMILES string of the molecule is NS(=O)(=O)C1CC(=O)N(c2cccc(N3CCOCC3)c2)C1. The third-order valence-electron chi connectivity index (χ3n) is 4.07. The van der Waals surface area contributed by atoms with E-state index in [0.717, 1.165) is 18.8 Å². The Kier molecular flexibility index (Phi) is 4.07. The van der Waals surface area contributed by atoms with E-state index in [9.17, 15) is 13.2 Å². The number of carbonyl (C=O) groups excluding carboxylic acids is 1. The third-order valence-corrected chi connectivity index (χ3v) is 5.32. The van der Waals surface area contributed by atoms with Crippen LogP contribution in [0, 0.1) is 0 Å². The first kappa shape index (κ1) is 15.3. The summed E-state index contributed by atoms with van der Waals surface area (Å²) in [6.07, 6.45) is -0.0549. The quantitative estimate of drug-likeness (QED) is 0.839. The number of amides is 1. The summed E-state index contributed by atoms with van der Waals surface area (Å²) in [6.45, 7) is 3.08. The molecule has 1 aromatic carbocycles. The molecule has 0 bridgehead atoms. The Labute approximate surface area is 129 Å². The van der Waals surface area contributed by atoms with E-state index in [1.54, 1.807) is 0 Å². The molecule has 1 unspecified atom stereocenters. The maximum absolute atomic E-state index is 12.1. The predicted molar refractivity (Wildman–Crippen MR) is 83.3 cm³/mol. The first-order valence-corrected chi connectivity index (χ1v) is 8.81. The van der Waals surface area contributed by atoms with Gasteiger partial charge in [0.2, 0.25) is 15.9 Å². The molecule has 0 aliphatic carbocycles. The van der Waals surface area contributed by atoms with Gasteiger partial charge in [0, 0.05) is 37.4 Å². The predicted octanol–water partition coefficient (Wildman–Crippen LogP) is -0.0830. The summed E-state index contributed by atoms with van der Waals surface area (Å²) in [5.74, 6) is -0.210. The number of sulfonamides is 1. The van der Waals surface area contributed by atoms with Crippen molar-refractivity contribution in [2.75, 3.05) is 42.6 Å². The van der Waals surface area contributed by atoms with Gasteiger partial charge in [0.1, 0.15) is 5.25 Å². The average molecular weight is 325 g/mol. The lowest BCUT2D eigenvalue weighted by atomic mass is 10.2. The monoisotopic (exact) mass is 325 g/mol. The molecule has 2 aliphatic rings. The fourth-order valence-electron chi connectivity index (χ4n) is 2.82. The maximum Gasteiger partial charge on any atom is 0.228 e. The van der Waals surface area contributed by atoms with Crippen molar-refractivity contribution in [2.24, 2.45) is 5.14 Å². The molecule has 1 amide bonds. The van der Waals surface area contributed by atoms with Gasteiger partial charge >= 0.3 is 0 Å². The lowest BCUT2D eigenvalue weighted by molar-refractivity contribution is -0.117. The van der Waals surface area contributed by atoms with Crippen molar-refractivity contribution in [3.8, 4) is 0 Å². The first-order chi connectivity index (χ1) is 10.4. The lowest BCUT2D eigenvalue weighted by Gasteiger charge is -2.29. The minimum Gasteiger partial charge on any atom is -0.378 e. The largest absolute Gasteiger partial charge is 0.378 e. The summed E-state index contributed by atoms with van der Waals surface area (Å²) < 4.78 is 28.2. The number of ether oxygens (including phenoxy) is 1. The normalized spacial score (nSPS) is 23.1. The van der Waals surface area contributed by atoms with E-state index < -0.39 is 15.3 Å². The number of benzene rings is 1. The second kappa shape index (κ2) is 5.86. The highest BCUT2D eigenvalue weighted by atomic mass is 32.2. The molecule has 120 valence electrons. The highest BCUT2D eigenvalue weighted by Crippen LogP contribution is 2.28. The maximum atomic E-state index is 12.1. The van der Waals surface area contributed by atoms with Crippen LogP contribution in [0.15, 0.2) is 24.3 Å². The molecule has 7 nitrogen and oxygen atoms in total. The van der Waals surface area contributed by atoms with Crippen LogP contribution in [0.4, 0.5) is 11.4 Å². The summed E-state index contributed by atoms with van der Waals surface area (Å²) in [5, 5.41) is 4.33. The summed E-state index contributed by atoms with van der Waals surface area (Å²) in [6, 6.07) is 7.58. The molecule has 0 spiro atoms. The van der Waals surface area contributed by atoms with E-state index in [1.165, 1.54) is 4.90 Å². The van der Waals surface area contributed by atoms with E-state index in [1.807, 2.05) is 24.3 Å². The van der Waals surface area contributed by atoms with Gasteiger partial charge in [-0.05, 0) is 18.2 Å². The standard InChI is InChI=1S/C14H19N3O4S/c15-22(19,20)13-9-14(18)17(10-13)12-3-1-2-11(8-12)16-4-6-21-7-5-16/h1-3,8,13H,4-7,9-10H2,(H2,15,19,20). The van der Waals surface area contributed by atoms with Crippen LogP contribution in [0.2, 0.25) is 0 Å². The van der Waals surface area contributed by atoms with Crippen LogP contribution in [-0.2, 0) is 19.6 Å². The average Bonchev–Trinajstić information content (AvgIpc) is 2.90. The molecular formula is C14H19N3O4S. The zero-order valence-corrected chi connectivity index (χ0v) is 13.0. The molecule has 2 aliphatic heterocycles. The summed E-state index contributed by atoms with van der Waals surface area (Å²) >= 11 is 0. The number of nitrogens with zero attached hydrogens (tertiary/aromatic N) is 2. The van der Waals surface area contributed by atoms with Gasteiger partial charge in [-0.25, -0.2) is 13.6 Å². The Morgan fingerprint density at radius 3 is 2.50 bits per heavy atom. The van der Waals surface area contributed by atoms with E-state index in [-0.39, 0.29) is 18.9 Å². The van der Waals surface area contributed by atoms with Gasteiger partial charge in [-0.1, -0.05) is 6.07 Å². The molecule has 2 heterocycles. The molecule has 2 saturated heterocycles. The third kappa shape index (κ3) is 3.08. The Bertz CT molecular complexity index is 670. The highest BCUT2D eigenvalue weighted by molar-refractivity contribution is 7.89. The van der Waals surface area contributed by atoms with Gasteiger partial charge in [0.05, 0.1) is 13.2 Å². The van der Waals surface area contributed by atoms with Gasteiger partial charge in [0.25, 0.3) is 0 Å². The first-order valence-electron chi connectivity index (χ1n) is 7.20. The van der Waals surface area contributed by atoms with Crippen LogP contribution in [0.25, 0.3) is 0 Å². The van der Waals surface area contributed by atoms with E-state index in [0.29, 0.717) is 18.9 Å². The van der Waals surface area contributed by atoms with Crippen LogP contribution in [0.1, 0.15) is 6.42 Å². The van der Waals surface area contributed by atoms with Gasteiger partial charge < -0.3 is 14.5 Å². The molecule has 2 fully saturated rings. The summed E-state index contributed by atoms with van der Waals surface area (Å²) in [7, 11) is -3.70. The van der Waals surface area contributed by atoms with Gasteiger partial charge in [-0.15, -0.1) is 0 Å². The molecule has 1 aromatic rings. The molecule has 1 atom stereocenters. The van der Waals surface area contributed by atoms with Crippen molar-refractivity contribution in [3.63, 3.8) is 0 Å². The smallest absolute Gasteiger partial charge is 0.228 e. The van der Waals surface area contributed by atoms with E-state index in [2.05, 4.69) is 4.90 Å². The minimum absolute atomic E-state index is 0.0549. The molecule has 0 aromatic heterocycles. The summed E-state index contributed by atoms with van der Waals surface area (Å²) in [4.78, 5) is 15.8. The zero-order valence-electron chi connectivity index (χ0n) is 12.1. The number of rotatable bonds is 3. The number of hydrogen-bond acceptors (Lipinski definition) is 5. The van der Waals surface area contributed by atoms with Crippen LogP contribution in [0.3, 0.4) is 0 Å². The Morgan fingerprint density at radius 2 is 1.86 bits per heavy atom. The number of hydrogen-bond donors (Lipinski definition) is 1. The Balaban J connectivity index is 1.81. The fourth-order valence-corrected chi connectivity index (χ4v) is 3.56. The van der Waals surface area contributed by atoms with Gasteiger partial charge in [0.15, 0.2) is 0 Å². The lowest BCUT2D eigenvalue weighted by Crippen LogP contribution is -2.36. The molecule has 8 heteroatoms. The highest BCUT2D eigenvalue weighted by Gasteiger charge is 2.37. The second-order valence-corrected chi connectivity index (χ2v) is 7.38. The molecule has 0 saturated carbocycles. The molecule has 3 rings (SSSR count). The molecule has 2 N–H and O–H groups in total. The van der Waals surface area contributed by atoms with Crippen molar-refractivity contribution >= 4 is 27.3 Å². The Morgan fingerprint density at radius 1 is 1.18 bits per heavy atom. The van der Waals surface area contributed by atoms with E-state index >= 15 is 0 Å². The van der Waals surface area contributed by atoms with Crippen molar-refractivity contribution in [1.82, 2.24) is 0 Å². The minimum atomic E-state index is -3.70. The number of primary sulfonamides is 1. The second-order valence-electron chi connectivity index (χ2n) is 5.54. The van der Waals surface area contributed by atoms with Gasteiger partial charge in [-0.2, -0.15) is 0 Å². The number of morpholine rings is 1. The van der Waals surface area contributed by atoms with Crippen molar-refractivity contribution in [3.05, 3.63) is 24.3 Å². The van der Waals surface area contributed by atoms with Gasteiger partial charge in [-0.3, -0.25) is 4.79 Å². The van der Waals surface area contributed by atoms with Crippen molar-refractivity contribution < 1.29 is 17.9 Å². The van der Waals surface area contributed by atoms with Crippen molar-refractivity contribution in [1.29, 1.82) is 0 Å². The Hall–Kier alpha value is -1.64. The zero-order chi connectivity index (χ0) is 15.7. The number of nitrogens with two attached hydrogens (primary N) is 1. The molecular weight excluding hydrogens is 306 g/mol. The molecule has 0 radical (unpaired) electrons. The van der Waals surface area contributed by atoms with Crippen LogP contribution >= 0.6 is 0 Å². The number of carbonyl (C=O) groups is 1. The summed E-state index contributed by atoms with van der Waals surface area (Å²) in [5.41, 5.74) is 1.72. The molecule has 22 heavy (non-hydrogen) atoms. The van der Waals surface area contributed by atoms with E-state index in [4.69, 9.17) is 9.88 Å². The fraction of sp³-hybridized carbons (Fsp3) is 0.500. The topological polar surface area (TPSA) is 92.9 Å². The van der Waals surface area contributed by atoms with Crippen LogP contribution in [0.5, 0.6) is 0 Å². The van der Waals surface area contributed by atoms with Crippen LogP contribution < -0.4 is 14.9 Å². The van der Waals surface area contributed by atoms with Crippen molar-refractivity contribution in [2.45, 2.75) is 11.7 Å². The van der Waals surface area contributed by atoms with Crippen LogP contribution in [-0.4, -0.2) is 52.4 Å².